The summed E-state index contributed by atoms with van der Waals surface area (Å²) in [6.45, 7) is 0.214. The molecule has 11 heteroatoms. The van der Waals surface area contributed by atoms with Gasteiger partial charge in [-0.2, -0.15) is 5.10 Å². The van der Waals surface area contributed by atoms with Gasteiger partial charge in [-0.25, -0.2) is 9.82 Å². The number of hydrogen-bond donors (Lipinski definition) is 2. The highest BCUT2D eigenvalue weighted by atomic mass is 127. The number of rotatable bonds is 9. The van der Waals surface area contributed by atoms with E-state index in [1.54, 1.807) is 30.3 Å². The number of halogens is 4. The Kier molecular flexibility index (Phi) is 9.70. The van der Waals surface area contributed by atoms with Gasteiger partial charge < -0.3 is 14.8 Å². The fraction of sp³-hybridized carbons (Fsp3) is 0.125. The van der Waals surface area contributed by atoms with E-state index in [-0.39, 0.29) is 6.61 Å². The molecule has 0 spiro atoms. The molecule has 3 rings (SSSR count). The van der Waals surface area contributed by atoms with Crippen molar-refractivity contribution >= 4 is 69.5 Å². The molecule has 3 aromatic carbocycles. The highest BCUT2D eigenvalue weighted by Crippen LogP contribution is 2.34. The standard InChI is InChI=1S/C24H19Cl2FIN3O4/c1-34-21-9-14(8-20(28)24(21)35-13-15-2-3-16(25)10-19(15)26)12-29-31-23(33)11-22(32)30-18-6-4-17(27)5-7-18/h2-10,12H,11,13H2,1H3,(H,30,32)(H,31,33). The molecule has 2 amide bonds. The average Bonchev–Trinajstić information content (AvgIpc) is 2.80. The normalized spacial score (nSPS) is 10.8. The quantitative estimate of drug-likeness (QED) is 0.135. The molecule has 2 N–H and O–H groups in total. The third kappa shape index (κ3) is 8.08. The minimum Gasteiger partial charge on any atom is -0.493 e. The van der Waals surface area contributed by atoms with E-state index in [0.717, 1.165) is 9.13 Å². The second kappa shape index (κ2) is 12.7. The van der Waals surface area contributed by atoms with Crippen LogP contribution in [0.15, 0.2) is 59.7 Å². The molecule has 0 fully saturated rings. The van der Waals surface area contributed by atoms with Crippen molar-refractivity contribution in [3.63, 3.8) is 0 Å². The van der Waals surface area contributed by atoms with Crippen LogP contribution in [0.3, 0.4) is 0 Å². The molecule has 0 saturated carbocycles. The summed E-state index contributed by atoms with van der Waals surface area (Å²) in [5.41, 5.74) is 4.09. The molecular formula is C24H19Cl2FIN3O4. The number of anilines is 1. The molecule has 0 unspecified atom stereocenters. The molecule has 0 radical (unpaired) electrons. The van der Waals surface area contributed by atoms with Crippen LogP contribution in [0, 0.1) is 9.39 Å². The van der Waals surface area contributed by atoms with Crippen molar-refractivity contribution in [1.29, 1.82) is 0 Å². The van der Waals surface area contributed by atoms with Crippen LogP contribution in [0.25, 0.3) is 0 Å². The maximum atomic E-state index is 12.9. The second-order valence-corrected chi connectivity index (χ2v) is 9.09. The molecule has 182 valence electrons. The first-order valence-corrected chi connectivity index (χ1v) is 11.9. The Hall–Kier alpha value is -2.89. The van der Waals surface area contributed by atoms with Crippen molar-refractivity contribution in [3.05, 3.63) is 85.2 Å². The number of hydrazone groups is 1. The van der Waals surface area contributed by atoms with Crippen LogP contribution >= 0.6 is 45.8 Å². The molecule has 0 atom stereocenters. The van der Waals surface area contributed by atoms with Crippen LogP contribution in [0.5, 0.6) is 11.5 Å². The number of ether oxygens (including phenoxy) is 2. The van der Waals surface area contributed by atoms with E-state index < -0.39 is 24.1 Å². The Morgan fingerprint density at radius 1 is 1.09 bits per heavy atom. The lowest BCUT2D eigenvalue weighted by molar-refractivity contribution is -0.126. The fourth-order valence-electron chi connectivity index (χ4n) is 2.85. The summed E-state index contributed by atoms with van der Waals surface area (Å²) in [6.07, 6.45) is 0.968. The van der Waals surface area contributed by atoms with Gasteiger partial charge >= 0.3 is 0 Å². The summed E-state index contributed by atoms with van der Waals surface area (Å²) in [5, 5.41) is 7.43. The summed E-state index contributed by atoms with van der Waals surface area (Å²) in [4.78, 5) is 23.9. The van der Waals surface area contributed by atoms with Gasteiger partial charge in [0.1, 0.15) is 18.8 Å². The minimum atomic E-state index is -0.609. The van der Waals surface area contributed by atoms with Crippen LogP contribution in [0.1, 0.15) is 17.5 Å². The molecule has 0 saturated heterocycles. The molecule has 35 heavy (non-hydrogen) atoms. The smallest absolute Gasteiger partial charge is 0.249 e. The maximum absolute atomic E-state index is 12.9. The van der Waals surface area contributed by atoms with Gasteiger partial charge in [0.2, 0.25) is 11.8 Å². The number of carbonyl (C=O) groups excluding carboxylic acids is 2. The third-order valence-corrected chi connectivity index (χ3v) is 5.88. The zero-order valence-electron chi connectivity index (χ0n) is 18.3. The second-order valence-electron chi connectivity index (χ2n) is 7.08. The first-order chi connectivity index (χ1) is 16.7. The zero-order valence-corrected chi connectivity index (χ0v) is 21.9. The maximum Gasteiger partial charge on any atom is 0.249 e. The van der Waals surface area contributed by atoms with E-state index in [4.69, 9.17) is 32.7 Å². The van der Waals surface area contributed by atoms with E-state index in [1.807, 2.05) is 0 Å². The van der Waals surface area contributed by atoms with Gasteiger partial charge in [-0.1, -0.05) is 29.3 Å². The van der Waals surface area contributed by atoms with E-state index in [0.29, 0.717) is 32.8 Å². The van der Waals surface area contributed by atoms with E-state index in [1.165, 1.54) is 37.6 Å². The van der Waals surface area contributed by atoms with Crippen molar-refractivity contribution in [2.75, 3.05) is 12.4 Å². The first kappa shape index (κ1) is 26.7. The molecule has 7 nitrogen and oxygen atoms in total. The lowest BCUT2D eigenvalue weighted by atomic mass is 10.2. The lowest BCUT2D eigenvalue weighted by Crippen LogP contribution is -2.24. The molecular weight excluding hydrogens is 611 g/mol. The van der Waals surface area contributed by atoms with Gasteiger partial charge in [-0.3, -0.25) is 9.59 Å². The number of carbonyl (C=O) groups is 2. The highest BCUT2D eigenvalue weighted by Gasteiger charge is 2.13. The van der Waals surface area contributed by atoms with Crippen molar-refractivity contribution in [1.82, 2.24) is 5.43 Å². The van der Waals surface area contributed by atoms with E-state index in [9.17, 15) is 14.0 Å². The molecule has 0 aromatic heterocycles. The van der Waals surface area contributed by atoms with Crippen LogP contribution in [-0.2, 0) is 16.2 Å². The van der Waals surface area contributed by atoms with Crippen molar-refractivity contribution in [2.24, 2.45) is 5.10 Å². The molecule has 0 bridgehead atoms. The Morgan fingerprint density at radius 3 is 2.51 bits per heavy atom. The SMILES string of the molecule is COc1cc(C=NNC(=O)CC(=O)Nc2ccc(F)cc2)cc(I)c1OCc1ccc(Cl)cc1Cl. The Labute approximate surface area is 224 Å². The van der Waals surface area contributed by atoms with E-state index >= 15 is 0 Å². The van der Waals surface area contributed by atoms with Gasteiger partial charge in [0.05, 0.1) is 16.9 Å². The largest absolute Gasteiger partial charge is 0.493 e. The summed E-state index contributed by atoms with van der Waals surface area (Å²) < 4.78 is 25.0. The predicted octanol–water partition coefficient (Wildman–Crippen LogP) is 5.80. The van der Waals surface area contributed by atoms with Gasteiger partial charge in [0.15, 0.2) is 11.5 Å². The molecule has 3 aromatic rings. The zero-order chi connectivity index (χ0) is 25.4. The molecule has 0 aliphatic heterocycles. The Balaban J connectivity index is 1.57. The summed E-state index contributed by atoms with van der Waals surface area (Å²) in [6, 6.07) is 13.9. The minimum absolute atomic E-state index is 0.214. The number of amides is 2. The number of nitrogens with zero attached hydrogens (tertiary/aromatic N) is 1. The van der Waals surface area contributed by atoms with Crippen LogP contribution in [0.2, 0.25) is 10.0 Å². The Bertz CT molecular complexity index is 1260. The first-order valence-electron chi connectivity index (χ1n) is 10.1. The number of hydrogen-bond acceptors (Lipinski definition) is 5. The predicted molar refractivity (Wildman–Crippen MR) is 142 cm³/mol. The molecule has 0 aliphatic carbocycles. The van der Waals surface area contributed by atoms with Crippen molar-refractivity contribution in [3.8, 4) is 11.5 Å². The monoisotopic (exact) mass is 629 g/mol. The number of nitrogens with one attached hydrogen (secondary N) is 2. The van der Waals surface area contributed by atoms with Crippen molar-refractivity contribution < 1.29 is 23.5 Å². The van der Waals surface area contributed by atoms with Crippen LogP contribution in [0.4, 0.5) is 10.1 Å². The molecule has 0 aliphatic rings. The Morgan fingerprint density at radius 2 is 1.83 bits per heavy atom. The van der Waals surface area contributed by atoms with Crippen molar-refractivity contribution in [2.45, 2.75) is 13.0 Å². The average molecular weight is 630 g/mol. The topological polar surface area (TPSA) is 89.0 Å². The van der Waals surface area contributed by atoms with Gasteiger partial charge in [-0.05, 0) is 76.7 Å². The van der Waals surface area contributed by atoms with Crippen LogP contribution in [-0.4, -0.2) is 25.1 Å². The number of benzene rings is 3. The van der Waals surface area contributed by atoms with E-state index in [2.05, 4.69) is 38.4 Å². The van der Waals surface area contributed by atoms with Gasteiger partial charge in [-0.15, -0.1) is 0 Å². The third-order valence-electron chi connectivity index (χ3n) is 4.49. The van der Waals surface area contributed by atoms with Gasteiger partial charge in [0, 0.05) is 21.3 Å². The lowest BCUT2D eigenvalue weighted by Gasteiger charge is -2.14. The number of methoxy groups -OCH3 is 1. The summed E-state index contributed by atoms with van der Waals surface area (Å²) in [5.74, 6) is -0.594. The fourth-order valence-corrected chi connectivity index (χ4v) is 4.09. The summed E-state index contributed by atoms with van der Waals surface area (Å²) in [7, 11) is 1.51. The summed E-state index contributed by atoms with van der Waals surface area (Å²) >= 11 is 14.2. The van der Waals surface area contributed by atoms with Gasteiger partial charge in [0.25, 0.3) is 0 Å². The molecule has 0 heterocycles. The van der Waals surface area contributed by atoms with Crippen LogP contribution < -0.4 is 20.2 Å². The highest BCUT2D eigenvalue weighted by molar-refractivity contribution is 14.1.